The summed E-state index contributed by atoms with van der Waals surface area (Å²) in [4.78, 5) is 4.33. The van der Waals surface area contributed by atoms with Crippen LogP contribution < -0.4 is 15.8 Å². The van der Waals surface area contributed by atoms with Gasteiger partial charge in [0.25, 0.3) is 0 Å². The van der Waals surface area contributed by atoms with Crippen LogP contribution in [0.2, 0.25) is 0 Å². The second-order valence-electron chi connectivity index (χ2n) is 4.72. The van der Waals surface area contributed by atoms with E-state index in [0.717, 1.165) is 24.3 Å². The van der Waals surface area contributed by atoms with Crippen LogP contribution in [0.15, 0.2) is 59.6 Å². The number of nitrogens with two attached hydrogens (primary N) is 1. The molecule has 0 bridgehead atoms. The minimum atomic E-state index is 0.466. The van der Waals surface area contributed by atoms with Crippen LogP contribution in [0.1, 0.15) is 11.1 Å². The molecule has 4 nitrogen and oxygen atoms in total. The van der Waals surface area contributed by atoms with Gasteiger partial charge in [-0.25, -0.2) is 4.99 Å². The summed E-state index contributed by atoms with van der Waals surface area (Å²) in [5.74, 6) is 1.30. The number of aliphatic imine (C=N–C) groups is 1. The summed E-state index contributed by atoms with van der Waals surface area (Å²) in [6.45, 7) is 1.32. The van der Waals surface area contributed by atoms with E-state index in [9.17, 15) is 0 Å². The molecule has 2 rings (SSSR count). The number of hydrogen-bond donors (Lipinski definition) is 2. The Morgan fingerprint density at radius 2 is 1.86 bits per heavy atom. The van der Waals surface area contributed by atoms with Gasteiger partial charge >= 0.3 is 0 Å². The van der Waals surface area contributed by atoms with Crippen molar-refractivity contribution in [2.45, 2.75) is 13.0 Å². The first-order valence-electron chi connectivity index (χ1n) is 6.98. The molecule has 4 heteroatoms. The fourth-order valence-corrected chi connectivity index (χ4v) is 1.98. The SMILES string of the molecule is COc1cccc(CN=C(N)NCCc2ccccc2)c1. The fourth-order valence-electron chi connectivity index (χ4n) is 1.98. The molecule has 0 amide bonds. The highest BCUT2D eigenvalue weighted by Gasteiger charge is 1.97. The third-order valence-electron chi connectivity index (χ3n) is 3.13. The van der Waals surface area contributed by atoms with Gasteiger partial charge in [0.1, 0.15) is 5.75 Å². The van der Waals surface area contributed by atoms with E-state index in [1.807, 2.05) is 42.5 Å². The lowest BCUT2D eigenvalue weighted by Gasteiger charge is -2.06. The molecular weight excluding hydrogens is 262 g/mol. The first-order chi connectivity index (χ1) is 10.3. The highest BCUT2D eigenvalue weighted by molar-refractivity contribution is 5.77. The molecule has 0 aliphatic heterocycles. The van der Waals surface area contributed by atoms with Crippen LogP contribution in [-0.4, -0.2) is 19.6 Å². The van der Waals surface area contributed by atoms with Crippen LogP contribution in [0, 0.1) is 0 Å². The second-order valence-corrected chi connectivity index (χ2v) is 4.72. The van der Waals surface area contributed by atoms with E-state index < -0.39 is 0 Å². The summed E-state index contributed by atoms with van der Waals surface area (Å²) in [5.41, 5.74) is 8.22. The minimum absolute atomic E-state index is 0.466. The number of nitrogens with zero attached hydrogens (tertiary/aromatic N) is 1. The van der Waals surface area contributed by atoms with Crippen molar-refractivity contribution in [3.63, 3.8) is 0 Å². The van der Waals surface area contributed by atoms with Gasteiger partial charge in [-0.1, -0.05) is 42.5 Å². The van der Waals surface area contributed by atoms with Crippen molar-refractivity contribution in [2.24, 2.45) is 10.7 Å². The third kappa shape index (κ3) is 5.18. The minimum Gasteiger partial charge on any atom is -0.497 e. The van der Waals surface area contributed by atoms with E-state index in [2.05, 4.69) is 22.4 Å². The highest BCUT2D eigenvalue weighted by atomic mass is 16.5. The molecule has 3 N–H and O–H groups in total. The zero-order chi connectivity index (χ0) is 14.9. The molecule has 0 saturated heterocycles. The summed E-state index contributed by atoms with van der Waals surface area (Å²) in [6, 6.07) is 18.1. The van der Waals surface area contributed by atoms with Crippen molar-refractivity contribution in [2.75, 3.05) is 13.7 Å². The maximum Gasteiger partial charge on any atom is 0.188 e. The van der Waals surface area contributed by atoms with Crippen LogP contribution in [0.5, 0.6) is 5.75 Å². The zero-order valence-corrected chi connectivity index (χ0v) is 12.3. The van der Waals surface area contributed by atoms with E-state index in [0.29, 0.717) is 12.5 Å². The van der Waals surface area contributed by atoms with E-state index in [-0.39, 0.29) is 0 Å². The Labute approximate surface area is 125 Å². The Hall–Kier alpha value is -2.49. The van der Waals surface area contributed by atoms with Gasteiger partial charge in [0.2, 0.25) is 0 Å². The average molecular weight is 283 g/mol. The van der Waals surface area contributed by atoms with Crippen molar-refractivity contribution in [1.82, 2.24) is 5.32 Å². The molecule has 0 unspecified atom stereocenters. The number of rotatable bonds is 6. The number of benzene rings is 2. The van der Waals surface area contributed by atoms with Crippen molar-refractivity contribution in [3.05, 3.63) is 65.7 Å². The van der Waals surface area contributed by atoms with E-state index in [1.165, 1.54) is 5.56 Å². The second kappa shape index (κ2) is 7.94. The summed E-state index contributed by atoms with van der Waals surface area (Å²) in [7, 11) is 1.65. The quantitative estimate of drug-likeness (QED) is 0.632. The maximum absolute atomic E-state index is 5.86. The molecule has 0 atom stereocenters. The van der Waals surface area contributed by atoms with Crippen molar-refractivity contribution in [3.8, 4) is 5.75 Å². The molecule has 0 radical (unpaired) electrons. The van der Waals surface area contributed by atoms with Gasteiger partial charge in [0.15, 0.2) is 5.96 Å². The van der Waals surface area contributed by atoms with Gasteiger partial charge in [0, 0.05) is 6.54 Å². The largest absolute Gasteiger partial charge is 0.497 e. The average Bonchev–Trinajstić information content (AvgIpc) is 2.54. The van der Waals surface area contributed by atoms with Crippen LogP contribution in [0.3, 0.4) is 0 Å². The molecule has 2 aromatic rings. The first-order valence-corrected chi connectivity index (χ1v) is 6.98. The van der Waals surface area contributed by atoms with Crippen molar-refractivity contribution < 1.29 is 4.74 Å². The zero-order valence-electron chi connectivity index (χ0n) is 12.3. The Morgan fingerprint density at radius 1 is 1.10 bits per heavy atom. The topological polar surface area (TPSA) is 59.6 Å². The summed E-state index contributed by atoms with van der Waals surface area (Å²) >= 11 is 0. The van der Waals surface area contributed by atoms with Crippen LogP contribution in [0.25, 0.3) is 0 Å². The molecule has 0 fully saturated rings. The van der Waals surface area contributed by atoms with Crippen LogP contribution in [0.4, 0.5) is 0 Å². The lowest BCUT2D eigenvalue weighted by atomic mass is 10.1. The van der Waals surface area contributed by atoms with E-state index >= 15 is 0 Å². The number of methoxy groups -OCH3 is 1. The van der Waals surface area contributed by atoms with E-state index in [4.69, 9.17) is 10.5 Å². The predicted octanol–water partition coefficient (Wildman–Crippen LogP) is 2.34. The maximum atomic E-state index is 5.86. The van der Waals surface area contributed by atoms with Crippen molar-refractivity contribution in [1.29, 1.82) is 0 Å². The molecule has 21 heavy (non-hydrogen) atoms. The lowest BCUT2D eigenvalue weighted by Crippen LogP contribution is -2.33. The standard InChI is InChI=1S/C17H21N3O/c1-21-16-9-5-8-15(12-16)13-20-17(18)19-11-10-14-6-3-2-4-7-14/h2-9,12H,10-11,13H2,1H3,(H3,18,19,20). The first kappa shape index (κ1) is 14.9. The molecule has 2 aromatic carbocycles. The summed E-state index contributed by atoms with van der Waals surface area (Å²) in [5, 5.41) is 3.13. The Kier molecular flexibility index (Phi) is 5.64. The number of hydrogen-bond acceptors (Lipinski definition) is 2. The van der Waals surface area contributed by atoms with Gasteiger partial charge in [-0.05, 0) is 29.7 Å². The number of ether oxygens (including phenoxy) is 1. The Bertz CT molecular complexity index is 582. The highest BCUT2D eigenvalue weighted by Crippen LogP contribution is 2.12. The van der Waals surface area contributed by atoms with Gasteiger partial charge in [-0.15, -0.1) is 0 Å². The molecule has 0 aromatic heterocycles. The number of nitrogens with one attached hydrogen (secondary N) is 1. The molecule has 0 aliphatic carbocycles. The van der Waals surface area contributed by atoms with Crippen molar-refractivity contribution >= 4 is 5.96 Å². The van der Waals surface area contributed by atoms with Crippen LogP contribution >= 0.6 is 0 Å². The fraction of sp³-hybridized carbons (Fsp3) is 0.235. The number of guanidine groups is 1. The monoisotopic (exact) mass is 283 g/mol. The smallest absolute Gasteiger partial charge is 0.188 e. The third-order valence-corrected chi connectivity index (χ3v) is 3.13. The molecule has 0 spiro atoms. The van der Waals surface area contributed by atoms with Gasteiger partial charge < -0.3 is 15.8 Å². The molecule has 110 valence electrons. The van der Waals surface area contributed by atoms with E-state index in [1.54, 1.807) is 7.11 Å². The van der Waals surface area contributed by atoms with Gasteiger partial charge in [-0.3, -0.25) is 0 Å². The summed E-state index contributed by atoms with van der Waals surface area (Å²) in [6.07, 6.45) is 0.927. The molecule has 0 saturated carbocycles. The molecule has 0 aliphatic rings. The summed E-state index contributed by atoms with van der Waals surface area (Å²) < 4.78 is 5.18. The van der Waals surface area contributed by atoms with Gasteiger partial charge in [-0.2, -0.15) is 0 Å². The normalized spacial score (nSPS) is 11.2. The Morgan fingerprint density at radius 3 is 2.62 bits per heavy atom. The van der Waals surface area contributed by atoms with Crippen LogP contribution in [-0.2, 0) is 13.0 Å². The molecular formula is C17H21N3O. The predicted molar refractivity (Wildman–Crippen MR) is 86.5 cm³/mol. The Balaban J connectivity index is 1.78. The molecule has 0 heterocycles. The lowest BCUT2D eigenvalue weighted by molar-refractivity contribution is 0.414. The van der Waals surface area contributed by atoms with Gasteiger partial charge in [0.05, 0.1) is 13.7 Å².